The number of methoxy groups -OCH3 is 1. The molecule has 4 nitrogen and oxygen atoms in total. The van der Waals surface area contributed by atoms with Gasteiger partial charge in [0.1, 0.15) is 0 Å². The normalized spacial score (nSPS) is 25.3. The number of likely N-dealkylation sites (tertiary alicyclic amines) is 2. The maximum Gasteiger partial charge on any atom is 0.227 e. The Balaban J connectivity index is 1.56. The summed E-state index contributed by atoms with van der Waals surface area (Å²) in [5.41, 5.74) is 1.35. The largest absolute Gasteiger partial charge is 0.383 e. The van der Waals surface area contributed by atoms with Crippen molar-refractivity contribution in [2.45, 2.75) is 24.8 Å². The van der Waals surface area contributed by atoms with Crippen molar-refractivity contribution in [1.82, 2.24) is 9.80 Å². The van der Waals surface area contributed by atoms with E-state index in [4.69, 9.17) is 4.74 Å². The first-order valence-corrected chi connectivity index (χ1v) is 7.79. The fourth-order valence-electron chi connectivity index (χ4n) is 3.55. The summed E-state index contributed by atoms with van der Waals surface area (Å²) in [6.07, 6.45) is 2.85. The number of carbonyl (C=O) groups is 1. The molecule has 0 saturated carbocycles. The van der Waals surface area contributed by atoms with Crippen molar-refractivity contribution in [2.24, 2.45) is 0 Å². The lowest BCUT2D eigenvalue weighted by molar-refractivity contribution is -0.130. The van der Waals surface area contributed by atoms with Crippen LogP contribution in [0.1, 0.15) is 18.4 Å². The van der Waals surface area contributed by atoms with Gasteiger partial charge in [-0.3, -0.25) is 9.69 Å². The Labute approximate surface area is 126 Å². The maximum absolute atomic E-state index is 12.4. The van der Waals surface area contributed by atoms with Gasteiger partial charge in [-0.15, -0.1) is 0 Å². The first-order chi connectivity index (χ1) is 10.2. The smallest absolute Gasteiger partial charge is 0.227 e. The Morgan fingerprint density at radius 3 is 2.67 bits per heavy atom. The molecule has 0 unspecified atom stereocenters. The summed E-state index contributed by atoms with van der Waals surface area (Å²) in [7, 11) is 1.75. The number of hydrogen-bond acceptors (Lipinski definition) is 3. The average Bonchev–Trinajstić information content (AvgIpc) is 2.95. The zero-order valence-corrected chi connectivity index (χ0v) is 12.8. The second kappa shape index (κ2) is 6.16. The van der Waals surface area contributed by atoms with Gasteiger partial charge in [0.05, 0.1) is 13.0 Å². The molecule has 2 fully saturated rings. The Morgan fingerprint density at radius 2 is 2.00 bits per heavy atom. The highest BCUT2D eigenvalue weighted by atomic mass is 16.5. The van der Waals surface area contributed by atoms with Gasteiger partial charge in [0, 0.05) is 38.8 Å². The Kier molecular flexibility index (Phi) is 4.27. The van der Waals surface area contributed by atoms with E-state index in [-0.39, 0.29) is 11.4 Å². The molecule has 21 heavy (non-hydrogen) atoms. The number of amides is 1. The van der Waals surface area contributed by atoms with E-state index < -0.39 is 0 Å². The zero-order valence-electron chi connectivity index (χ0n) is 12.8. The van der Waals surface area contributed by atoms with Gasteiger partial charge in [-0.1, -0.05) is 30.3 Å². The molecule has 2 saturated heterocycles. The number of benzene rings is 1. The number of carbonyl (C=O) groups excluding carboxylic acids is 1. The lowest BCUT2D eigenvalue weighted by Crippen LogP contribution is -2.62. The molecule has 1 spiro atoms. The van der Waals surface area contributed by atoms with Gasteiger partial charge in [0.15, 0.2) is 0 Å². The second-order valence-corrected chi connectivity index (χ2v) is 6.18. The molecule has 0 aromatic heterocycles. The second-order valence-electron chi connectivity index (χ2n) is 6.18. The van der Waals surface area contributed by atoms with E-state index in [0.29, 0.717) is 6.42 Å². The van der Waals surface area contributed by atoms with E-state index in [1.165, 1.54) is 6.42 Å². The van der Waals surface area contributed by atoms with Gasteiger partial charge in [-0.05, 0) is 18.4 Å². The maximum atomic E-state index is 12.4. The van der Waals surface area contributed by atoms with Gasteiger partial charge < -0.3 is 9.64 Å². The van der Waals surface area contributed by atoms with Gasteiger partial charge in [-0.2, -0.15) is 0 Å². The van der Waals surface area contributed by atoms with Crippen LogP contribution in [-0.2, 0) is 16.0 Å². The van der Waals surface area contributed by atoms with Crippen LogP contribution in [-0.4, -0.2) is 61.1 Å². The average molecular weight is 288 g/mol. The molecule has 2 aliphatic heterocycles. The van der Waals surface area contributed by atoms with E-state index in [1.54, 1.807) is 7.11 Å². The van der Waals surface area contributed by atoms with Crippen molar-refractivity contribution in [3.05, 3.63) is 35.9 Å². The van der Waals surface area contributed by atoms with Crippen molar-refractivity contribution < 1.29 is 9.53 Å². The lowest BCUT2D eigenvalue weighted by Gasteiger charge is -2.50. The summed E-state index contributed by atoms with van der Waals surface area (Å²) in [6.45, 7) is 4.69. The van der Waals surface area contributed by atoms with Gasteiger partial charge in [0.25, 0.3) is 0 Å². The number of rotatable bonds is 5. The number of ether oxygens (including phenoxy) is 1. The molecular formula is C17H24N2O2. The van der Waals surface area contributed by atoms with Crippen LogP contribution in [0.25, 0.3) is 0 Å². The lowest BCUT2D eigenvalue weighted by atomic mass is 9.84. The number of hydrogen-bond donors (Lipinski definition) is 0. The van der Waals surface area contributed by atoms with Crippen LogP contribution < -0.4 is 0 Å². The van der Waals surface area contributed by atoms with Crippen molar-refractivity contribution in [1.29, 1.82) is 0 Å². The minimum Gasteiger partial charge on any atom is -0.383 e. The van der Waals surface area contributed by atoms with E-state index >= 15 is 0 Å². The topological polar surface area (TPSA) is 32.8 Å². The molecule has 0 bridgehead atoms. The molecular weight excluding hydrogens is 264 g/mol. The van der Waals surface area contributed by atoms with Crippen LogP contribution in [0.5, 0.6) is 0 Å². The van der Waals surface area contributed by atoms with Crippen LogP contribution in [0.2, 0.25) is 0 Å². The van der Waals surface area contributed by atoms with Crippen molar-refractivity contribution in [3.63, 3.8) is 0 Å². The summed E-state index contributed by atoms with van der Waals surface area (Å²) < 4.78 is 5.18. The highest BCUT2D eigenvalue weighted by Gasteiger charge is 2.49. The molecule has 0 radical (unpaired) electrons. The van der Waals surface area contributed by atoms with Crippen LogP contribution in [0, 0.1) is 0 Å². The van der Waals surface area contributed by atoms with Gasteiger partial charge in [0.2, 0.25) is 5.91 Å². The fraction of sp³-hybridized carbons (Fsp3) is 0.588. The highest BCUT2D eigenvalue weighted by molar-refractivity contribution is 5.79. The van der Waals surface area contributed by atoms with Gasteiger partial charge >= 0.3 is 0 Å². The Hall–Kier alpha value is -1.39. The van der Waals surface area contributed by atoms with Crippen LogP contribution in [0.15, 0.2) is 30.3 Å². The molecule has 2 aliphatic rings. The molecule has 3 rings (SSSR count). The predicted octanol–water partition coefficient (Wildman–Crippen LogP) is 1.55. The third-order valence-electron chi connectivity index (χ3n) is 4.97. The highest BCUT2D eigenvalue weighted by Crippen LogP contribution is 2.38. The summed E-state index contributed by atoms with van der Waals surface area (Å²) in [6, 6.07) is 10.0. The van der Waals surface area contributed by atoms with E-state index in [9.17, 15) is 4.79 Å². The molecule has 1 atom stereocenters. The third-order valence-corrected chi connectivity index (χ3v) is 4.97. The van der Waals surface area contributed by atoms with Crippen LogP contribution in [0.4, 0.5) is 0 Å². The minimum atomic E-state index is 0.241. The quantitative estimate of drug-likeness (QED) is 0.824. The summed E-state index contributed by atoms with van der Waals surface area (Å²) >= 11 is 0. The van der Waals surface area contributed by atoms with Gasteiger partial charge in [-0.25, -0.2) is 0 Å². The molecule has 4 heteroatoms. The molecule has 2 heterocycles. The first kappa shape index (κ1) is 14.5. The monoisotopic (exact) mass is 288 g/mol. The third kappa shape index (κ3) is 2.97. The van der Waals surface area contributed by atoms with Crippen molar-refractivity contribution in [3.8, 4) is 0 Å². The van der Waals surface area contributed by atoms with Crippen LogP contribution >= 0.6 is 0 Å². The summed E-state index contributed by atoms with van der Waals surface area (Å²) in [4.78, 5) is 17.0. The molecule has 1 amide bonds. The fourth-order valence-corrected chi connectivity index (χ4v) is 3.55. The molecule has 114 valence electrons. The predicted molar refractivity (Wildman–Crippen MR) is 82.1 cm³/mol. The van der Waals surface area contributed by atoms with E-state index in [0.717, 1.165) is 44.8 Å². The van der Waals surface area contributed by atoms with Crippen molar-refractivity contribution >= 4 is 5.91 Å². The molecule has 1 aromatic rings. The first-order valence-electron chi connectivity index (χ1n) is 7.79. The number of nitrogens with zero attached hydrogens (tertiary/aromatic N) is 2. The summed E-state index contributed by atoms with van der Waals surface area (Å²) in [5, 5.41) is 0. The molecule has 1 aromatic carbocycles. The molecule has 0 aliphatic carbocycles. The molecule has 0 N–H and O–H groups in total. The SMILES string of the molecule is COCCN1CC[C@]12CCN(C(=O)Cc1ccccc1)C2. The van der Waals surface area contributed by atoms with Crippen molar-refractivity contribution in [2.75, 3.05) is 39.9 Å². The van der Waals surface area contributed by atoms with Crippen LogP contribution in [0.3, 0.4) is 0 Å². The summed E-state index contributed by atoms with van der Waals surface area (Å²) in [5.74, 6) is 0.261. The zero-order chi connectivity index (χ0) is 14.7. The van der Waals surface area contributed by atoms with E-state index in [2.05, 4.69) is 4.90 Å². The van der Waals surface area contributed by atoms with E-state index in [1.807, 2.05) is 35.2 Å². The Morgan fingerprint density at radius 1 is 1.24 bits per heavy atom. The minimum absolute atomic E-state index is 0.241. The standard InChI is InChI=1S/C17H24N2O2/c1-21-12-11-19-10-8-17(19)7-9-18(14-17)16(20)13-15-5-3-2-4-6-15/h2-6H,7-14H2,1H3/t17-/m0/s1. The Bertz CT molecular complexity index is 491.